The summed E-state index contributed by atoms with van der Waals surface area (Å²) in [6.45, 7) is 2.07. The Balaban J connectivity index is 2.08. The molecule has 0 atom stereocenters. The molecule has 0 bridgehead atoms. The van der Waals surface area contributed by atoms with Crippen LogP contribution in [0.4, 0.5) is 11.5 Å². The molecule has 25 heavy (non-hydrogen) atoms. The standard InChI is InChI=1S/C17H17N3O4S/c1-4-24-17(21)11-8-25-16-14(11)15(18-9-19-16)20-12-7-10(22-2)5-6-13(12)23-3/h5-9H,4H2,1-3H3,(H,18,19,20). The van der Waals surface area contributed by atoms with E-state index in [2.05, 4.69) is 15.3 Å². The first-order chi connectivity index (χ1) is 12.2. The predicted molar refractivity (Wildman–Crippen MR) is 96.2 cm³/mol. The highest BCUT2D eigenvalue weighted by atomic mass is 32.1. The lowest BCUT2D eigenvalue weighted by Gasteiger charge is -2.13. The fourth-order valence-corrected chi connectivity index (χ4v) is 3.24. The summed E-state index contributed by atoms with van der Waals surface area (Å²) in [6.07, 6.45) is 1.45. The summed E-state index contributed by atoms with van der Waals surface area (Å²) in [5, 5.41) is 5.56. The minimum Gasteiger partial charge on any atom is -0.497 e. The normalized spacial score (nSPS) is 10.5. The molecule has 0 fully saturated rings. The number of aromatic nitrogens is 2. The SMILES string of the molecule is CCOC(=O)c1csc2ncnc(Nc3cc(OC)ccc3OC)c12. The zero-order chi connectivity index (χ0) is 17.8. The van der Waals surface area contributed by atoms with Crippen molar-refractivity contribution in [3.8, 4) is 11.5 Å². The van der Waals surface area contributed by atoms with Crippen molar-refractivity contribution in [3.05, 3.63) is 35.5 Å². The van der Waals surface area contributed by atoms with Gasteiger partial charge in [0.25, 0.3) is 0 Å². The summed E-state index contributed by atoms with van der Waals surface area (Å²) in [7, 11) is 3.17. The van der Waals surface area contributed by atoms with Crippen molar-refractivity contribution in [1.29, 1.82) is 0 Å². The largest absolute Gasteiger partial charge is 0.497 e. The van der Waals surface area contributed by atoms with Crippen LogP contribution in [0.3, 0.4) is 0 Å². The monoisotopic (exact) mass is 359 g/mol. The number of nitrogens with one attached hydrogen (secondary N) is 1. The fraction of sp³-hybridized carbons (Fsp3) is 0.235. The van der Waals surface area contributed by atoms with E-state index in [0.717, 1.165) is 0 Å². The number of esters is 1. The second-order valence-electron chi connectivity index (χ2n) is 4.96. The highest BCUT2D eigenvalue weighted by molar-refractivity contribution is 7.17. The summed E-state index contributed by atoms with van der Waals surface area (Å²) < 4.78 is 15.8. The van der Waals surface area contributed by atoms with E-state index in [-0.39, 0.29) is 0 Å². The van der Waals surface area contributed by atoms with Crippen LogP contribution in [0.2, 0.25) is 0 Å². The molecule has 0 spiro atoms. The maximum absolute atomic E-state index is 12.2. The molecule has 0 aliphatic rings. The fourth-order valence-electron chi connectivity index (χ4n) is 2.37. The number of benzene rings is 1. The number of rotatable bonds is 6. The number of thiophene rings is 1. The van der Waals surface area contributed by atoms with E-state index in [1.54, 1.807) is 44.7 Å². The van der Waals surface area contributed by atoms with Gasteiger partial charge in [-0.05, 0) is 19.1 Å². The molecule has 0 aliphatic carbocycles. The molecule has 1 aromatic carbocycles. The summed E-state index contributed by atoms with van der Waals surface area (Å²) in [6, 6.07) is 5.39. The molecule has 0 saturated carbocycles. The van der Waals surface area contributed by atoms with Crippen LogP contribution in [0.1, 0.15) is 17.3 Å². The molecule has 7 nitrogen and oxygen atoms in total. The zero-order valence-corrected chi connectivity index (χ0v) is 14.8. The highest BCUT2D eigenvalue weighted by Crippen LogP contribution is 2.35. The van der Waals surface area contributed by atoms with Crippen LogP contribution in [0.5, 0.6) is 11.5 Å². The van der Waals surface area contributed by atoms with Crippen LogP contribution in [0, 0.1) is 0 Å². The molecule has 8 heteroatoms. The van der Waals surface area contributed by atoms with Gasteiger partial charge in [0.1, 0.15) is 28.5 Å². The summed E-state index contributed by atoms with van der Waals surface area (Å²) in [5.74, 6) is 1.40. The molecule has 2 heterocycles. The Morgan fingerprint density at radius 1 is 1.24 bits per heavy atom. The van der Waals surface area contributed by atoms with Gasteiger partial charge >= 0.3 is 5.97 Å². The quantitative estimate of drug-likeness (QED) is 0.673. The third-order valence-corrected chi connectivity index (χ3v) is 4.41. The van der Waals surface area contributed by atoms with Gasteiger partial charge < -0.3 is 19.5 Å². The molecule has 1 N–H and O–H groups in total. The Hall–Kier alpha value is -2.87. The van der Waals surface area contributed by atoms with E-state index in [4.69, 9.17) is 14.2 Å². The van der Waals surface area contributed by atoms with Gasteiger partial charge in [-0.15, -0.1) is 11.3 Å². The lowest BCUT2D eigenvalue weighted by atomic mass is 10.2. The number of nitrogens with zero attached hydrogens (tertiary/aromatic N) is 2. The molecule has 2 aromatic heterocycles. The number of anilines is 2. The number of carbonyl (C=O) groups excluding carboxylic acids is 1. The Bertz CT molecular complexity index is 910. The van der Waals surface area contributed by atoms with Gasteiger partial charge in [0.05, 0.1) is 37.5 Å². The molecular weight excluding hydrogens is 342 g/mol. The average Bonchev–Trinajstić information content (AvgIpc) is 3.07. The Kier molecular flexibility index (Phi) is 4.99. The summed E-state index contributed by atoms with van der Waals surface area (Å²) in [5.41, 5.74) is 1.11. The van der Waals surface area contributed by atoms with E-state index in [0.29, 0.717) is 45.4 Å². The number of hydrogen-bond acceptors (Lipinski definition) is 8. The van der Waals surface area contributed by atoms with Crippen molar-refractivity contribution in [2.45, 2.75) is 6.92 Å². The topological polar surface area (TPSA) is 82.6 Å². The van der Waals surface area contributed by atoms with E-state index in [1.807, 2.05) is 0 Å². The minimum absolute atomic E-state index is 0.302. The van der Waals surface area contributed by atoms with E-state index in [9.17, 15) is 4.79 Å². The van der Waals surface area contributed by atoms with Gasteiger partial charge in [-0.1, -0.05) is 0 Å². The maximum Gasteiger partial charge on any atom is 0.339 e. The molecule has 0 aliphatic heterocycles. The number of methoxy groups -OCH3 is 2. The molecule has 0 unspecified atom stereocenters. The van der Waals surface area contributed by atoms with Gasteiger partial charge in [-0.2, -0.15) is 0 Å². The highest BCUT2D eigenvalue weighted by Gasteiger charge is 2.19. The summed E-state index contributed by atoms with van der Waals surface area (Å²) in [4.78, 5) is 21.4. The van der Waals surface area contributed by atoms with Crippen molar-refractivity contribution in [2.75, 3.05) is 26.1 Å². The van der Waals surface area contributed by atoms with Crippen LogP contribution < -0.4 is 14.8 Å². The smallest absolute Gasteiger partial charge is 0.339 e. The van der Waals surface area contributed by atoms with Crippen LogP contribution in [-0.2, 0) is 4.74 Å². The Morgan fingerprint density at radius 3 is 2.80 bits per heavy atom. The molecule has 0 saturated heterocycles. The van der Waals surface area contributed by atoms with Crippen molar-refractivity contribution >= 4 is 39.0 Å². The van der Waals surface area contributed by atoms with Gasteiger partial charge in [-0.3, -0.25) is 0 Å². The zero-order valence-electron chi connectivity index (χ0n) is 14.0. The molecule has 0 amide bonds. The predicted octanol–water partition coefficient (Wildman–Crippen LogP) is 3.63. The van der Waals surface area contributed by atoms with Gasteiger partial charge in [0.15, 0.2) is 0 Å². The van der Waals surface area contributed by atoms with Crippen LogP contribution in [0.15, 0.2) is 29.9 Å². The average molecular weight is 359 g/mol. The number of fused-ring (bicyclic) bond motifs is 1. The second kappa shape index (κ2) is 7.35. The first-order valence-electron chi connectivity index (χ1n) is 7.56. The Labute approximate surface area is 148 Å². The lowest BCUT2D eigenvalue weighted by molar-refractivity contribution is 0.0529. The summed E-state index contributed by atoms with van der Waals surface area (Å²) >= 11 is 1.36. The Morgan fingerprint density at radius 2 is 2.08 bits per heavy atom. The van der Waals surface area contributed by atoms with Crippen molar-refractivity contribution in [1.82, 2.24) is 9.97 Å². The van der Waals surface area contributed by atoms with Crippen LogP contribution >= 0.6 is 11.3 Å². The van der Waals surface area contributed by atoms with E-state index < -0.39 is 5.97 Å². The van der Waals surface area contributed by atoms with E-state index >= 15 is 0 Å². The maximum atomic E-state index is 12.2. The number of hydrogen-bond donors (Lipinski definition) is 1. The van der Waals surface area contributed by atoms with Crippen molar-refractivity contribution in [3.63, 3.8) is 0 Å². The molecule has 130 valence electrons. The lowest BCUT2D eigenvalue weighted by Crippen LogP contribution is -2.05. The second-order valence-corrected chi connectivity index (χ2v) is 5.82. The molecule has 3 rings (SSSR count). The van der Waals surface area contributed by atoms with Crippen molar-refractivity contribution in [2.24, 2.45) is 0 Å². The van der Waals surface area contributed by atoms with Crippen LogP contribution in [0.25, 0.3) is 10.2 Å². The molecule has 3 aromatic rings. The van der Waals surface area contributed by atoms with Crippen molar-refractivity contribution < 1.29 is 19.0 Å². The number of carbonyl (C=O) groups is 1. The molecular formula is C17H17N3O4S. The van der Waals surface area contributed by atoms with Gasteiger partial charge in [0.2, 0.25) is 0 Å². The third-order valence-electron chi connectivity index (χ3n) is 3.53. The van der Waals surface area contributed by atoms with Crippen LogP contribution in [-0.4, -0.2) is 36.8 Å². The van der Waals surface area contributed by atoms with Gasteiger partial charge in [-0.25, -0.2) is 14.8 Å². The van der Waals surface area contributed by atoms with E-state index in [1.165, 1.54) is 17.7 Å². The van der Waals surface area contributed by atoms with Gasteiger partial charge in [0, 0.05) is 11.4 Å². The molecule has 0 radical (unpaired) electrons. The first kappa shape index (κ1) is 17.0. The first-order valence-corrected chi connectivity index (χ1v) is 8.44. The third kappa shape index (κ3) is 3.34. The number of ether oxygens (including phenoxy) is 3. The minimum atomic E-state index is -0.399.